The molecule has 0 amide bonds. The van der Waals surface area contributed by atoms with Crippen LogP contribution in [-0.4, -0.2) is 41.2 Å². The molecule has 3 heterocycles. The van der Waals surface area contributed by atoms with Crippen LogP contribution in [0.15, 0.2) is 42.6 Å². The summed E-state index contributed by atoms with van der Waals surface area (Å²) in [6, 6.07) is 10.9. The largest absolute Gasteiger partial charge is 0.380 e. The first-order chi connectivity index (χ1) is 13.6. The first-order valence-electron chi connectivity index (χ1n) is 9.19. The topological polar surface area (TPSA) is 93.4 Å². The molecule has 0 aliphatic carbocycles. The molecule has 3 aromatic rings. The second-order valence-electron chi connectivity index (χ2n) is 6.68. The summed E-state index contributed by atoms with van der Waals surface area (Å²) >= 11 is 0. The van der Waals surface area contributed by atoms with Crippen LogP contribution in [0.25, 0.3) is 10.9 Å². The summed E-state index contributed by atoms with van der Waals surface area (Å²) < 4.78 is 5.44. The van der Waals surface area contributed by atoms with Crippen LogP contribution in [0.2, 0.25) is 0 Å². The third-order valence-electron chi connectivity index (χ3n) is 4.79. The lowest BCUT2D eigenvalue weighted by Crippen LogP contribution is -2.37. The molecule has 8 heteroatoms. The molecule has 0 spiro atoms. The van der Waals surface area contributed by atoms with Crippen LogP contribution in [0.1, 0.15) is 11.3 Å². The van der Waals surface area contributed by atoms with Crippen molar-refractivity contribution in [1.29, 1.82) is 0 Å². The van der Waals surface area contributed by atoms with Crippen molar-refractivity contribution in [1.82, 2.24) is 9.97 Å². The van der Waals surface area contributed by atoms with Gasteiger partial charge in [0.25, 0.3) is 5.69 Å². The Hall–Kier alpha value is -3.26. The number of aromatic nitrogens is 2. The van der Waals surface area contributed by atoms with Crippen LogP contribution >= 0.6 is 0 Å². The van der Waals surface area contributed by atoms with Crippen LogP contribution in [0.4, 0.5) is 17.2 Å². The van der Waals surface area contributed by atoms with Gasteiger partial charge in [0.1, 0.15) is 5.82 Å². The maximum absolute atomic E-state index is 11.4. The Kier molecular flexibility index (Phi) is 5.03. The average Bonchev–Trinajstić information content (AvgIpc) is 2.72. The molecule has 1 fully saturated rings. The van der Waals surface area contributed by atoms with Crippen molar-refractivity contribution >= 4 is 28.1 Å². The van der Waals surface area contributed by atoms with Gasteiger partial charge in [-0.1, -0.05) is 18.2 Å². The second-order valence-corrected chi connectivity index (χ2v) is 6.68. The van der Waals surface area contributed by atoms with Crippen molar-refractivity contribution in [3.8, 4) is 0 Å². The van der Waals surface area contributed by atoms with Gasteiger partial charge < -0.3 is 15.0 Å². The standard InChI is InChI=1S/C20H21N5O3/c1-14-12-17(16-5-2-6-18(25(26)27)19(16)23-14)22-13-15-4-3-7-21-20(15)24-8-10-28-11-9-24/h2-7,12H,8-11,13H2,1H3,(H,22,23). The SMILES string of the molecule is Cc1cc(NCc2cccnc2N2CCOCC2)c2cccc([N+](=O)[O-])c2n1. The number of pyridine rings is 2. The molecule has 8 nitrogen and oxygen atoms in total. The molecule has 0 unspecified atom stereocenters. The van der Waals surface area contributed by atoms with Gasteiger partial charge in [0.2, 0.25) is 0 Å². The Balaban J connectivity index is 1.65. The third kappa shape index (κ3) is 3.59. The first kappa shape index (κ1) is 18.1. The van der Waals surface area contributed by atoms with Gasteiger partial charge in [0.15, 0.2) is 5.52 Å². The third-order valence-corrected chi connectivity index (χ3v) is 4.79. The van der Waals surface area contributed by atoms with Crippen molar-refractivity contribution in [2.75, 3.05) is 36.5 Å². The van der Waals surface area contributed by atoms with E-state index >= 15 is 0 Å². The van der Waals surface area contributed by atoms with Crippen LogP contribution in [0.5, 0.6) is 0 Å². The van der Waals surface area contributed by atoms with E-state index in [1.807, 2.05) is 31.2 Å². The highest BCUT2D eigenvalue weighted by Crippen LogP contribution is 2.30. The highest BCUT2D eigenvalue weighted by molar-refractivity contribution is 5.96. The highest BCUT2D eigenvalue weighted by atomic mass is 16.6. The maximum Gasteiger partial charge on any atom is 0.295 e. The number of nitrogens with zero attached hydrogens (tertiary/aromatic N) is 4. The van der Waals surface area contributed by atoms with Crippen molar-refractivity contribution in [2.45, 2.75) is 13.5 Å². The van der Waals surface area contributed by atoms with Gasteiger partial charge in [-0.3, -0.25) is 10.1 Å². The van der Waals surface area contributed by atoms with E-state index in [-0.39, 0.29) is 5.69 Å². The summed E-state index contributed by atoms with van der Waals surface area (Å²) in [7, 11) is 0. The number of nitro groups is 1. The number of hydrogen-bond acceptors (Lipinski definition) is 7. The van der Waals surface area contributed by atoms with Gasteiger partial charge in [-0.25, -0.2) is 9.97 Å². The molecule has 4 rings (SSSR count). The number of benzene rings is 1. The molecule has 1 N–H and O–H groups in total. The van der Waals surface area contributed by atoms with E-state index in [9.17, 15) is 10.1 Å². The summed E-state index contributed by atoms with van der Waals surface area (Å²) in [6.45, 7) is 5.41. The molecule has 1 saturated heterocycles. The number of ether oxygens (including phenoxy) is 1. The van der Waals surface area contributed by atoms with Crippen molar-refractivity contribution in [2.24, 2.45) is 0 Å². The van der Waals surface area contributed by atoms with Crippen molar-refractivity contribution < 1.29 is 9.66 Å². The van der Waals surface area contributed by atoms with Gasteiger partial charge in [-0.05, 0) is 19.1 Å². The second kappa shape index (κ2) is 7.77. The molecule has 0 atom stereocenters. The van der Waals surface area contributed by atoms with E-state index in [0.717, 1.165) is 41.2 Å². The minimum atomic E-state index is -0.393. The Morgan fingerprint density at radius 3 is 2.86 bits per heavy atom. The molecule has 0 radical (unpaired) electrons. The molecule has 144 valence electrons. The lowest BCUT2D eigenvalue weighted by atomic mass is 10.1. The molecular formula is C20H21N5O3. The summed E-state index contributed by atoms with van der Waals surface area (Å²) in [5, 5.41) is 15.5. The fourth-order valence-corrected chi connectivity index (χ4v) is 3.47. The fraction of sp³-hybridized carbons (Fsp3) is 0.300. The van der Waals surface area contributed by atoms with Crippen LogP contribution in [-0.2, 0) is 11.3 Å². The molecule has 2 aromatic heterocycles. The van der Waals surface area contributed by atoms with E-state index in [1.54, 1.807) is 12.3 Å². The zero-order chi connectivity index (χ0) is 19.5. The molecular weight excluding hydrogens is 358 g/mol. The van der Waals surface area contributed by atoms with E-state index in [4.69, 9.17) is 4.74 Å². The van der Waals surface area contributed by atoms with Crippen LogP contribution in [0, 0.1) is 17.0 Å². The zero-order valence-corrected chi connectivity index (χ0v) is 15.6. The number of nitrogens with one attached hydrogen (secondary N) is 1. The Labute approximate surface area is 162 Å². The van der Waals surface area contributed by atoms with Crippen LogP contribution < -0.4 is 10.2 Å². The molecule has 1 aliphatic heterocycles. The maximum atomic E-state index is 11.4. The zero-order valence-electron chi connectivity index (χ0n) is 15.6. The predicted octanol–water partition coefficient (Wildman–Crippen LogP) is 3.30. The number of para-hydroxylation sites is 1. The van der Waals surface area contributed by atoms with Crippen molar-refractivity contribution in [3.63, 3.8) is 0 Å². The minimum absolute atomic E-state index is 0.0135. The van der Waals surface area contributed by atoms with Gasteiger partial charge in [-0.2, -0.15) is 0 Å². The molecule has 0 bridgehead atoms. The normalized spacial score (nSPS) is 14.2. The minimum Gasteiger partial charge on any atom is -0.380 e. The highest BCUT2D eigenvalue weighted by Gasteiger charge is 2.18. The van der Waals surface area contributed by atoms with E-state index in [2.05, 4.69) is 20.2 Å². The number of non-ortho nitro benzene ring substituents is 1. The summed E-state index contributed by atoms with van der Waals surface area (Å²) in [6.07, 6.45) is 1.80. The monoisotopic (exact) mass is 379 g/mol. The van der Waals surface area contributed by atoms with Crippen LogP contribution in [0.3, 0.4) is 0 Å². The van der Waals surface area contributed by atoms with E-state index in [0.29, 0.717) is 25.3 Å². The van der Waals surface area contributed by atoms with E-state index < -0.39 is 4.92 Å². The Morgan fingerprint density at radius 2 is 2.07 bits per heavy atom. The first-order valence-corrected chi connectivity index (χ1v) is 9.19. The van der Waals surface area contributed by atoms with Gasteiger partial charge in [-0.15, -0.1) is 0 Å². The Morgan fingerprint density at radius 1 is 1.25 bits per heavy atom. The number of aryl methyl sites for hydroxylation is 1. The smallest absolute Gasteiger partial charge is 0.295 e. The lowest BCUT2D eigenvalue weighted by molar-refractivity contribution is -0.383. The summed E-state index contributed by atoms with van der Waals surface area (Å²) in [5.74, 6) is 0.944. The predicted molar refractivity (Wildman–Crippen MR) is 108 cm³/mol. The molecule has 0 saturated carbocycles. The molecule has 1 aromatic carbocycles. The number of anilines is 2. The number of nitro benzene ring substituents is 1. The Bertz CT molecular complexity index is 1020. The number of rotatable bonds is 5. The quantitative estimate of drug-likeness (QED) is 0.537. The molecule has 28 heavy (non-hydrogen) atoms. The number of fused-ring (bicyclic) bond motifs is 1. The molecule has 1 aliphatic rings. The summed E-state index contributed by atoms with van der Waals surface area (Å²) in [5.41, 5.74) is 3.03. The van der Waals surface area contributed by atoms with Crippen molar-refractivity contribution in [3.05, 3.63) is 64.0 Å². The fourth-order valence-electron chi connectivity index (χ4n) is 3.47. The summed E-state index contributed by atoms with van der Waals surface area (Å²) in [4.78, 5) is 22.1. The van der Waals surface area contributed by atoms with E-state index in [1.165, 1.54) is 6.07 Å². The van der Waals surface area contributed by atoms with Gasteiger partial charge >= 0.3 is 0 Å². The number of morpholine rings is 1. The van der Waals surface area contributed by atoms with Gasteiger partial charge in [0, 0.05) is 54.2 Å². The average molecular weight is 379 g/mol. The lowest BCUT2D eigenvalue weighted by Gasteiger charge is -2.29. The van der Waals surface area contributed by atoms with Gasteiger partial charge in [0.05, 0.1) is 18.1 Å². The number of hydrogen-bond donors (Lipinski definition) is 1.